The molecule has 20 heavy (non-hydrogen) atoms. The molecule has 0 aliphatic carbocycles. The molecule has 1 amide bonds. The van der Waals surface area contributed by atoms with Gasteiger partial charge in [-0.15, -0.1) is 11.3 Å². The number of rotatable bonds is 1. The molecule has 104 valence electrons. The third-order valence-corrected chi connectivity index (χ3v) is 5.37. The van der Waals surface area contributed by atoms with Gasteiger partial charge in [0.15, 0.2) is 0 Å². The number of benzene rings is 1. The summed E-state index contributed by atoms with van der Waals surface area (Å²) in [6, 6.07) is 6.65. The molecule has 0 fully saturated rings. The second kappa shape index (κ2) is 5.30. The van der Waals surface area contributed by atoms with Gasteiger partial charge < -0.3 is 4.90 Å². The Morgan fingerprint density at radius 1 is 1.45 bits per heavy atom. The number of hydrogen-bond acceptors (Lipinski definition) is 2. The Morgan fingerprint density at radius 2 is 2.25 bits per heavy atom. The Bertz CT molecular complexity index is 649. The average molecular weight is 354 g/mol. The first-order valence-corrected chi connectivity index (χ1v) is 8.08. The van der Waals surface area contributed by atoms with E-state index in [0.29, 0.717) is 11.0 Å². The van der Waals surface area contributed by atoms with Gasteiger partial charge in [-0.3, -0.25) is 4.79 Å². The lowest BCUT2D eigenvalue weighted by Crippen LogP contribution is -2.38. The molecule has 5 heteroatoms. The highest BCUT2D eigenvalue weighted by Crippen LogP contribution is 2.34. The van der Waals surface area contributed by atoms with E-state index in [4.69, 9.17) is 0 Å². The third kappa shape index (κ3) is 2.19. The van der Waals surface area contributed by atoms with E-state index in [0.717, 1.165) is 6.42 Å². The lowest BCUT2D eigenvalue weighted by Gasteiger charge is -2.34. The van der Waals surface area contributed by atoms with E-state index >= 15 is 0 Å². The van der Waals surface area contributed by atoms with E-state index in [1.807, 2.05) is 12.3 Å². The standard InChI is InChI=1S/C15H13BrFNOS/c1-9-10-6-8-20-13(10)5-7-18(9)15(19)14-11(16)3-2-4-12(14)17/h2-4,6,8-9H,5,7H2,1H3. The molecular formula is C15H13BrFNOS. The highest BCUT2D eigenvalue weighted by atomic mass is 79.9. The average Bonchev–Trinajstić information content (AvgIpc) is 2.88. The SMILES string of the molecule is CC1c2ccsc2CCN1C(=O)c1c(F)cccc1Br. The van der Waals surface area contributed by atoms with Gasteiger partial charge in [-0.1, -0.05) is 6.07 Å². The highest BCUT2D eigenvalue weighted by molar-refractivity contribution is 9.10. The van der Waals surface area contributed by atoms with Crippen molar-refractivity contribution >= 4 is 33.2 Å². The Kier molecular flexibility index (Phi) is 3.65. The van der Waals surface area contributed by atoms with Crippen molar-refractivity contribution in [3.63, 3.8) is 0 Å². The molecule has 0 saturated heterocycles. The molecule has 0 radical (unpaired) electrons. The molecule has 0 saturated carbocycles. The van der Waals surface area contributed by atoms with E-state index in [1.54, 1.807) is 28.4 Å². The number of carbonyl (C=O) groups is 1. The number of carbonyl (C=O) groups excluding carboxylic acids is 1. The van der Waals surface area contributed by atoms with Crippen LogP contribution in [0.5, 0.6) is 0 Å². The quantitative estimate of drug-likeness (QED) is 0.743. The molecule has 2 aromatic rings. The van der Waals surface area contributed by atoms with Gasteiger partial charge in [-0.05, 0) is 58.4 Å². The summed E-state index contributed by atoms with van der Waals surface area (Å²) in [5.41, 5.74) is 1.31. The predicted molar refractivity (Wildman–Crippen MR) is 81.6 cm³/mol. The lowest BCUT2D eigenvalue weighted by molar-refractivity contribution is 0.0673. The molecule has 1 unspecified atom stereocenters. The summed E-state index contributed by atoms with van der Waals surface area (Å²) in [6.07, 6.45) is 0.842. The molecule has 0 spiro atoms. The minimum absolute atomic E-state index is 0.0102. The smallest absolute Gasteiger partial charge is 0.258 e. The molecule has 1 aliphatic rings. The van der Waals surface area contributed by atoms with Crippen LogP contribution in [0.4, 0.5) is 4.39 Å². The third-order valence-electron chi connectivity index (χ3n) is 3.71. The summed E-state index contributed by atoms with van der Waals surface area (Å²) in [5, 5.41) is 2.05. The Hall–Kier alpha value is -1.20. The number of amides is 1. The maximum atomic E-state index is 13.9. The van der Waals surface area contributed by atoms with Gasteiger partial charge in [0.2, 0.25) is 0 Å². The zero-order chi connectivity index (χ0) is 14.3. The summed E-state index contributed by atoms with van der Waals surface area (Å²) in [4.78, 5) is 15.7. The number of hydrogen-bond donors (Lipinski definition) is 0. The van der Waals surface area contributed by atoms with Crippen LogP contribution in [0.2, 0.25) is 0 Å². The molecule has 0 N–H and O–H groups in total. The van der Waals surface area contributed by atoms with Crippen LogP contribution in [-0.2, 0) is 6.42 Å². The molecule has 0 bridgehead atoms. The largest absolute Gasteiger partial charge is 0.331 e. The van der Waals surface area contributed by atoms with E-state index in [1.165, 1.54) is 16.5 Å². The number of fused-ring (bicyclic) bond motifs is 1. The zero-order valence-corrected chi connectivity index (χ0v) is 13.3. The minimum atomic E-state index is -0.479. The van der Waals surface area contributed by atoms with Crippen LogP contribution >= 0.6 is 27.3 Å². The van der Waals surface area contributed by atoms with Gasteiger partial charge >= 0.3 is 0 Å². The first-order valence-electron chi connectivity index (χ1n) is 6.41. The van der Waals surface area contributed by atoms with Crippen molar-refractivity contribution in [1.82, 2.24) is 4.90 Å². The van der Waals surface area contributed by atoms with Crippen LogP contribution in [-0.4, -0.2) is 17.4 Å². The Balaban J connectivity index is 1.96. The summed E-state index contributed by atoms with van der Waals surface area (Å²) < 4.78 is 14.4. The maximum absolute atomic E-state index is 13.9. The van der Waals surface area contributed by atoms with Crippen LogP contribution in [0.25, 0.3) is 0 Å². The van der Waals surface area contributed by atoms with Crippen molar-refractivity contribution in [3.8, 4) is 0 Å². The van der Waals surface area contributed by atoms with Crippen LogP contribution in [0.3, 0.4) is 0 Å². The minimum Gasteiger partial charge on any atom is -0.331 e. The number of thiophene rings is 1. The summed E-state index contributed by atoms with van der Waals surface area (Å²) >= 11 is 5.00. The molecule has 1 aromatic heterocycles. The Labute approximate surface area is 129 Å². The first kappa shape index (κ1) is 13.8. The molecule has 1 aliphatic heterocycles. The fourth-order valence-electron chi connectivity index (χ4n) is 2.63. The van der Waals surface area contributed by atoms with Gasteiger partial charge in [-0.25, -0.2) is 4.39 Å². The number of halogens is 2. The van der Waals surface area contributed by atoms with Gasteiger partial charge in [0, 0.05) is 15.9 Å². The first-order chi connectivity index (χ1) is 9.59. The fourth-order valence-corrected chi connectivity index (χ4v) is 4.11. The molecule has 1 aromatic carbocycles. The van der Waals surface area contributed by atoms with E-state index in [-0.39, 0.29) is 17.5 Å². The Morgan fingerprint density at radius 3 is 3.00 bits per heavy atom. The molecular weight excluding hydrogens is 341 g/mol. The summed E-state index contributed by atoms with van der Waals surface area (Å²) in [6.45, 7) is 2.63. The van der Waals surface area contributed by atoms with E-state index in [2.05, 4.69) is 22.0 Å². The van der Waals surface area contributed by atoms with E-state index < -0.39 is 5.82 Å². The summed E-state index contributed by atoms with van der Waals surface area (Å²) in [5.74, 6) is -0.730. The van der Waals surface area contributed by atoms with E-state index in [9.17, 15) is 9.18 Å². The number of nitrogens with zero attached hydrogens (tertiary/aromatic N) is 1. The van der Waals surface area contributed by atoms with Crippen LogP contribution in [0.15, 0.2) is 34.1 Å². The molecule has 2 nitrogen and oxygen atoms in total. The molecule has 1 atom stereocenters. The van der Waals surface area contributed by atoms with Crippen molar-refractivity contribution in [1.29, 1.82) is 0 Å². The normalized spacial score (nSPS) is 17.9. The highest BCUT2D eigenvalue weighted by Gasteiger charge is 2.31. The van der Waals surface area contributed by atoms with Crippen LogP contribution in [0, 0.1) is 5.82 Å². The monoisotopic (exact) mass is 353 g/mol. The maximum Gasteiger partial charge on any atom is 0.258 e. The van der Waals surface area contributed by atoms with Gasteiger partial charge in [0.25, 0.3) is 5.91 Å². The van der Waals surface area contributed by atoms with Crippen LogP contribution in [0.1, 0.15) is 33.8 Å². The van der Waals surface area contributed by atoms with Crippen molar-refractivity contribution in [2.75, 3.05) is 6.54 Å². The lowest BCUT2D eigenvalue weighted by atomic mass is 10.0. The summed E-state index contributed by atoms with van der Waals surface area (Å²) in [7, 11) is 0. The van der Waals surface area contributed by atoms with Crippen molar-refractivity contribution in [2.45, 2.75) is 19.4 Å². The van der Waals surface area contributed by atoms with Crippen LogP contribution < -0.4 is 0 Å². The van der Waals surface area contributed by atoms with Crippen molar-refractivity contribution in [3.05, 3.63) is 55.9 Å². The van der Waals surface area contributed by atoms with Crippen molar-refractivity contribution < 1.29 is 9.18 Å². The predicted octanol–water partition coefficient (Wildman–Crippen LogP) is 4.41. The molecule has 2 heterocycles. The fraction of sp³-hybridized carbons (Fsp3) is 0.267. The topological polar surface area (TPSA) is 20.3 Å². The second-order valence-electron chi connectivity index (χ2n) is 4.82. The second-order valence-corrected chi connectivity index (χ2v) is 6.68. The van der Waals surface area contributed by atoms with Crippen molar-refractivity contribution in [2.24, 2.45) is 0 Å². The zero-order valence-electron chi connectivity index (χ0n) is 10.9. The molecule has 3 rings (SSSR count). The van der Waals surface area contributed by atoms with Gasteiger partial charge in [0.05, 0.1) is 11.6 Å². The van der Waals surface area contributed by atoms with Gasteiger partial charge in [0.1, 0.15) is 5.82 Å². The van der Waals surface area contributed by atoms with Gasteiger partial charge in [-0.2, -0.15) is 0 Å².